The molecule has 4 rings (SSSR count). The summed E-state index contributed by atoms with van der Waals surface area (Å²) in [5.41, 5.74) is 6.11. The highest BCUT2D eigenvalue weighted by Gasteiger charge is 2.05. The summed E-state index contributed by atoms with van der Waals surface area (Å²) >= 11 is 0. The highest BCUT2D eigenvalue weighted by molar-refractivity contribution is 6.00. The zero-order valence-electron chi connectivity index (χ0n) is 15.1. The molecule has 0 saturated carbocycles. The number of para-hydroxylation sites is 1. The average Bonchev–Trinajstić information content (AvgIpc) is 3.16. The third kappa shape index (κ3) is 4.10. The Morgan fingerprint density at radius 2 is 1.71 bits per heavy atom. The molecule has 0 unspecified atom stereocenters. The van der Waals surface area contributed by atoms with E-state index in [1.807, 2.05) is 60.8 Å². The van der Waals surface area contributed by atoms with Gasteiger partial charge in [-0.25, -0.2) is 5.43 Å². The van der Waals surface area contributed by atoms with Crippen molar-refractivity contribution in [2.45, 2.75) is 6.61 Å². The van der Waals surface area contributed by atoms with Gasteiger partial charge in [-0.05, 0) is 35.9 Å². The molecule has 0 aliphatic heterocycles. The van der Waals surface area contributed by atoms with Crippen LogP contribution in [0.3, 0.4) is 0 Å². The molecule has 0 atom stereocenters. The molecule has 138 valence electrons. The minimum Gasteiger partial charge on any atom is -0.489 e. The second kappa shape index (κ2) is 8.22. The van der Waals surface area contributed by atoms with Crippen molar-refractivity contribution in [2.24, 2.45) is 5.10 Å². The molecule has 4 aromatic rings. The molecular formula is C23H19N3O2. The number of ether oxygens (including phenoxy) is 1. The zero-order valence-corrected chi connectivity index (χ0v) is 15.1. The van der Waals surface area contributed by atoms with E-state index in [0.717, 1.165) is 22.0 Å². The fraction of sp³-hybridized carbons (Fsp3) is 0.0435. The first-order valence-electron chi connectivity index (χ1n) is 8.96. The molecule has 0 aliphatic rings. The first-order valence-corrected chi connectivity index (χ1v) is 8.96. The van der Waals surface area contributed by atoms with Gasteiger partial charge in [0.1, 0.15) is 12.4 Å². The van der Waals surface area contributed by atoms with Gasteiger partial charge in [0, 0.05) is 28.2 Å². The molecule has 1 amide bonds. The van der Waals surface area contributed by atoms with Crippen molar-refractivity contribution >= 4 is 23.0 Å². The first kappa shape index (κ1) is 17.5. The van der Waals surface area contributed by atoms with Crippen molar-refractivity contribution in [1.29, 1.82) is 0 Å². The number of nitrogens with one attached hydrogen (secondary N) is 2. The van der Waals surface area contributed by atoms with Crippen LogP contribution in [-0.2, 0) is 6.61 Å². The summed E-state index contributed by atoms with van der Waals surface area (Å²) in [6, 6.07) is 24.9. The summed E-state index contributed by atoms with van der Waals surface area (Å²) in [6.45, 7) is 0.487. The Morgan fingerprint density at radius 1 is 0.964 bits per heavy atom. The maximum Gasteiger partial charge on any atom is 0.271 e. The van der Waals surface area contributed by atoms with Gasteiger partial charge in [0.2, 0.25) is 0 Å². The molecule has 0 radical (unpaired) electrons. The second-order valence-corrected chi connectivity index (χ2v) is 6.29. The summed E-state index contributed by atoms with van der Waals surface area (Å²) in [5.74, 6) is 0.438. The maximum atomic E-state index is 12.3. The summed E-state index contributed by atoms with van der Waals surface area (Å²) < 4.78 is 5.73. The van der Waals surface area contributed by atoms with Crippen LogP contribution in [0.5, 0.6) is 5.75 Å². The smallest absolute Gasteiger partial charge is 0.271 e. The third-order valence-electron chi connectivity index (χ3n) is 4.36. The van der Waals surface area contributed by atoms with Gasteiger partial charge in [-0.3, -0.25) is 4.79 Å². The van der Waals surface area contributed by atoms with Gasteiger partial charge in [-0.15, -0.1) is 0 Å². The van der Waals surface area contributed by atoms with Gasteiger partial charge in [-0.2, -0.15) is 5.10 Å². The molecule has 0 aliphatic carbocycles. The molecule has 2 N–H and O–H groups in total. The largest absolute Gasteiger partial charge is 0.489 e. The molecule has 5 heteroatoms. The highest BCUT2D eigenvalue weighted by Crippen LogP contribution is 2.16. The van der Waals surface area contributed by atoms with Crippen molar-refractivity contribution in [3.63, 3.8) is 0 Å². The molecular weight excluding hydrogens is 350 g/mol. The Labute approximate surface area is 162 Å². The Morgan fingerprint density at radius 3 is 2.54 bits per heavy atom. The monoisotopic (exact) mass is 369 g/mol. The predicted octanol–water partition coefficient (Wildman–Crippen LogP) is 4.51. The number of aromatic amines is 1. The standard InChI is InChI=1S/C23H19N3O2/c27-23(26-25-15-19-14-24-22-9-5-4-8-21(19)22)18-10-12-20(13-11-18)28-16-17-6-2-1-3-7-17/h1-15,24H,16H2,(H,26,27). The van der Waals surface area contributed by atoms with Gasteiger partial charge in [0.15, 0.2) is 0 Å². The van der Waals surface area contributed by atoms with Crippen molar-refractivity contribution in [1.82, 2.24) is 10.4 Å². The molecule has 0 fully saturated rings. The summed E-state index contributed by atoms with van der Waals surface area (Å²) in [5, 5.41) is 5.12. The number of carbonyl (C=O) groups is 1. The minimum absolute atomic E-state index is 0.272. The number of hydrogen-bond acceptors (Lipinski definition) is 3. The van der Waals surface area contributed by atoms with Crippen LogP contribution in [0, 0.1) is 0 Å². The number of benzene rings is 3. The second-order valence-electron chi connectivity index (χ2n) is 6.29. The van der Waals surface area contributed by atoms with Crippen LogP contribution in [0.15, 0.2) is 90.2 Å². The van der Waals surface area contributed by atoms with E-state index in [0.29, 0.717) is 17.9 Å². The van der Waals surface area contributed by atoms with E-state index in [-0.39, 0.29) is 5.91 Å². The van der Waals surface area contributed by atoms with Gasteiger partial charge in [-0.1, -0.05) is 48.5 Å². The van der Waals surface area contributed by atoms with E-state index in [1.54, 1.807) is 30.5 Å². The molecule has 1 heterocycles. The number of nitrogens with zero attached hydrogens (tertiary/aromatic N) is 1. The number of fused-ring (bicyclic) bond motifs is 1. The number of aromatic nitrogens is 1. The molecule has 28 heavy (non-hydrogen) atoms. The van der Waals surface area contributed by atoms with Crippen LogP contribution < -0.4 is 10.2 Å². The number of hydrogen-bond donors (Lipinski definition) is 2. The van der Waals surface area contributed by atoms with Gasteiger partial charge < -0.3 is 9.72 Å². The van der Waals surface area contributed by atoms with Crippen LogP contribution in [0.1, 0.15) is 21.5 Å². The fourth-order valence-electron chi connectivity index (χ4n) is 2.87. The molecule has 0 saturated heterocycles. The minimum atomic E-state index is -0.272. The summed E-state index contributed by atoms with van der Waals surface area (Å²) in [6.07, 6.45) is 3.49. The summed E-state index contributed by atoms with van der Waals surface area (Å²) in [4.78, 5) is 15.4. The van der Waals surface area contributed by atoms with Crippen molar-refractivity contribution in [2.75, 3.05) is 0 Å². The normalized spacial score (nSPS) is 11.0. The highest BCUT2D eigenvalue weighted by atomic mass is 16.5. The number of hydrazone groups is 1. The zero-order chi connectivity index (χ0) is 19.2. The number of H-pyrrole nitrogens is 1. The third-order valence-corrected chi connectivity index (χ3v) is 4.36. The number of rotatable bonds is 6. The topological polar surface area (TPSA) is 66.5 Å². The molecule has 0 spiro atoms. The molecule has 0 bridgehead atoms. The van der Waals surface area contributed by atoms with E-state index in [1.165, 1.54) is 0 Å². The Hall–Kier alpha value is -3.86. The lowest BCUT2D eigenvalue weighted by Gasteiger charge is -2.07. The van der Waals surface area contributed by atoms with E-state index in [2.05, 4.69) is 15.5 Å². The quantitative estimate of drug-likeness (QED) is 0.388. The van der Waals surface area contributed by atoms with Crippen molar-refractivity contribution < 1.29 is 9.53 Å². The lowest BCUT2D eigenvalue weighted by molar-refractivity contribution is 0.0955. The van der Waals surface area contributed by atoms with E-state index < -0.39 is 0 Å². The number of amides is 1. The summed E-state index contributed by atoms with van der Waals surface area (Å²) in [7, 11) is 0. The lowest BCUT2D eigenvalue weighted by atomic mass is 10.2. The fourth-order valence-corrected chi connectivity index (χ4v) is 2.87. The predicted molar refractivity (Wildman–Crippen MR) is 111 cm³/mol. The Balaban J connectivity index is 1.34. The van der Waals surface area contributed by atoms with Crippen molar-refractivity contribution in [3.8, 4) is 5.75 Å². The molecule has 3 aromatic carbocycles. The van der Waals surface area contributed by atoms with E-state index in [9.17, 15) is 4.79 Å². The van der Waals surface area contributed by atoms with Gasteiger partial charge in [0.05, 0.1) is 6.21 Å². The van der Waals surface area contributed by atoms with Crippen LogP contribution >= 0.6 is 0 Å². The molecule has 5 nitrogen and oxygen atoms in total. The molecule has 1 aromatic heterocycles. The maximum absolute atomic E-state index is 12.3. The Bertz CT molecular complexity index is 1100. The van der Waals surface area contributed by atoms with Gasteiger partial charge >= 0.3 is 0 Å². The van der Waals surface area contributed by atoms with Crippen LogP contribution in [0.2, 0.25) is 0 Å². The number of carbonyl (C=O) groups excluding carboxylic acids is 1. The van der Waals surface area contributed by atoms with Crippen LogP contribution in [-0.4, -0.2) is 17.1 Å². The van der Waals surface area contributed by atoms with Crippen molar-refractivity contribution in [3.05, 3.63) is 102 Å². The SMILES string of the molecule is O=C(NN=Cc1c[nH]c2ccccc12)c1ccc(OCc2ccccc2)cc1. The van der Waals surface area contributed by atoms with Crippen LogP contribution in [0.25, 0.3) is 10.9 Å². The van der Waals surface area contributed by atoms with Crippen LogP contribution in [0.4, 0.5) is 0 Å². The van der Waals surface area contributed by atoms with Gasteiger partial charge in [0.25, 0.3) is 5.91 Å². The Kier molecular flexibility index (Phi) is 5.15. The first-order chi connectivity index (χ1) is 13.8. The average molecular weight is 369 g/mol. The van der Waals surface area contributed by atoms with E-state index >= 15 is 0 Å². The van der Waals surface area contributed by atoms with E-state index in [4.69, 9.17) is 4.74 Å². The lowest BCUT2D eigenvalue weighted by Crippen LogP contribution is -2.17.